The molecule has 0 atom stereocenters. The van der Waals surface area contributed by atoms with E-state index in [4.69, 9.17) is 5.11 Å². The van der Waals surface area contributed by atoms with Crippen LogP contribution in [0.15, 0.2) is 54.6 Å². The van der Waals surface area contributed by atoms with Gasteiger partial charge in [-0.25, -0.2) is 9.07 Å². The Morgan fingerprint density at radius 2 is 1.78 bits per heavy atom. The van der Waals surface area contributed by atoms with Gasteiger partial charge in [-0.05, 0) is 6.07 Å². The molecule has 0 aliphatic rings. The number of halogens is 1. The fraction of sp³-hybridized carbons (Fsp3) is 0.118. The van der Waals surface area contributed by atoms with Crippen molar-refractivity contribution in [2.75, 3.05) is 0 Å². The Hall–Kier alpha value is -3.02. The predicted molar refractivity (Wildman–Crippen MR) is 82.3 cm³/mol. The first kappa shape index (κ1) is 14.9. The maximum atomic E-state index is 13.9. The summed E-state index contributed by atoms with van der Waals surface area (Å²) >= 11 is 0. The van der Waals surface area contributed by atoms with E-state index in [9.17, 15) is 9.18 Å². The largest absolute Gasteiger partial charge is 0.481 e. The molecule has 0 unspecified atom stereocenters. The van der Waals surface area contributed by atoms with Gasteiger partial charge in [0.1, 0.15) is 11.5 Å². The number of nitrogens with zero attached hydrogens (tertiary/aromatic N) is 3. The van der Waals surface area contributed by atoms with E-state index in [1.807, 2.05) is 30.3 Å². The number of carbonyl (C=O) groups is 1. The van der Waals surface area contributed by atoms with Gasteiger partial charge in [0, 0.05) is 11.1 Å². The first-order chi connectivity index (χ1) is 11.1. The summed E-state index contributed by atoms with van der Waals surface area (Å²) < 4.78 is 15.4. The summed E-state index contributed by atoms with van der Waals surface area (Å²) in [7, 11) is 0. The van der Waals surface area contributed by atoms with Crippen molar-refractivity contribution in [1.82, 2.24) is 15.0 Å². The Morgan fingerprint density at radius 3 is 2.48 bits per heavy atom. The zero-order valence-corrected chi connectivity index (χ0v) is 12.2. The molecule has 3 aromatic rings. The number of rotatable bonds is 5. The fourth-order valence-electron chi connectivity index (χ4n) is 2.42. The highest BCUT2D eigenvalue weighted by Gasteiger charge is 2.18. The van der Waals surface area contributed by atoms with Crippen molar-refractivity contribution in [1.29, 1.82) is 0 Å². The van der Waals surface area contributed by atoms with Crippen LogP contribution in [0, 0.1) is 5.82 Å². The first-order valence-electron chi connectivity index (χ1n) is 7.08. The van der Waals surface area contributed by atoms with Crippen LogP contribution in [0.5, 0.6) is 0 Å². The molecule has 116 valence electrons. The molecule has 0 spiro atoms. The molecule has 0 bridgehead atoms. The number of aromatic nitrogens is 3. The minimum Gasteiger partial charge on any atom is -0.481 e. The summed E-state index contributed by atoms with van der Waals surface area (Å²) in [6, 6.07) is 15.7. The SMILES string of the molecule is O=C(O)Cc1nnn(Cc2ccccc2F)c1-c1ccccc1. The molecular formula is C17H14FN3O2. The Morgan fingerprint density at radius 1 is 1.09 bits per heavy atom. The topological polar surface area (TPSA) is 68.0 Å². The van der Waals surface area contributed by atoms with Gasteiger partial charge in [0.2, 0.25) is 0 Å². The van der Waals surface area contributed by atoms with Crippen LogP contribution in [-0.4, -0.2) is 26.1 Å². The maximum absolute atomic E-state index is 13.9. The van der Waals surface area contributed by atoms with Crippen LogP contribution in [0.2, 0.25) is 0 Å². The number of carboxylic acids is 1. The highest BCUT2D eigenvalue weighted by atomic mass is 19.1. The van der Waals surface area contributed by atoms with Gasteiger partial charge >= 0.3 is 5.97 Å². The zero-order valence-electron chi connectivity index (χ0n) is 12.2. The molecule has 0 amide bonds. The Bertz CT molecular complexity index is 831. The summed E-state index contributed by atoms with van der Waals surface area (Å²) in [5.74, 6) is -1.32. The minimum atomic E-state index is -0.986. The van der Waals surface area contributed by atoms with Crippen molar-refractivity contribution in [3.63, 3.8) is 0 Å². The normalized spacial score (nSPS) is 10.7. The first-order valence-corrected chi connectivity index (χ1v) is 7.08. The third-order valence-corrected chi connectivity index (χ3v) is 3.45. The van der Waals surface area contributed by atoms with Gasteiger partial charge in [0.05, 0.1) is 18.7 Å². The second-order valence-electron chi connectivity index (χ2n) is 5.07. The Kier molecular flexibility index (Phi) is 4.14. The van der Waals surface area contributed by atoms with E-state index in [0.29, 0.717) is 17.0 Å². The Labute approximate surface area is 132 Å². The monoisotopic (exact) mass is 311 g/mol. The molecule has 6 heteroatoms. The van der Waals surface area contributed by atoms with Gasteiger partial charge in [0.25, 0.3) is 0 Å². The van der Waals surface area contributed by atoms with E-state index in [1.54, 1.807) is 18.2 Å². The lowest BCUT2D eigenvalue weighted by Crippen LogP contribution is -2.07. The van der Waals surface area contributed by atoms with E-state index < -0.39 is 5.97 Å². The fourth-order valence-corrected chi connectivity index (χ4v) is 2.42. The van der Waals surface area contributed by atoms with Crippen molar-refractivity contribution in [2.45, 2.75) is 13.0 Å². The van der Waals surface area contributed by atoms with Gasteiger partial charge in [-0.1, -0.05) is 53.7 Å². The summed E-state index contributed by atoms with van der Waals surface area (Å²) in [5.41, 5.74) is 2.22. The smallest absolute Gasteiger partial charge is 0.309 e. The molecule has 0 saturated carbocycles. The number of benzene rings is 2. The summed E-state index contributed by atoms with van der Waals surface area (Å²) in [6.07, 6.45) is -0.235. The molecular weight excluding hydrogens is 297 g/mol. The maximum Gasteiger partial charge on any atom is 0.309 e. The van der Waals surface area contributed by atoms with Gasteiger partial charge < -0.3 is 5.11 Å². The van der Waals surface area contributed by atoms with Crippen LogP contribution in [0.3, 0.4) is 0 Å². The molecule has 0 aliphatic carbocycles. The highest BCUT2D eigenvalue weighted by molar-refractivity contribution is 5.73. The third-order valence-electron chi connectivity index (χ3n) is 3.45. The number of hydrogen-bond donors (Lipinski definition) is 1. The molecule has 5 nitrogen and oxygen atoms in total. The molecule has 0 fully saturated rings. The van der Waals surface area contributed by atoms with E-state index in [-0.39, 0.29) is 18.8 Å². The van der Waals surface area contributed by atoms with E-state index >= 15 is 0 Å². The van der Waals surface area contributed by atoms with Gasteiger partial charge in [0.15, 0.2) is 0 Å². The van der Waals surface area contributed by atoms with E-state index in [1.165, 1.54) is 10.7 Å². The lowest BCUT2D eigenvalue weighted by molar-refractivity contribution is -0.136. The minimum absolute atomic E-state index is 0.184. The van der Waals surface area contributed by atoms with Gasteiger partial charge in [-0.15, -0.1) is 5.10 Å². The second kappa shape index (κ2) is 6.39. The second-order valence-corrected chi connectivity index (χ2v) is 5.07. The zero-order chi connectivity index (χ0) is 16.2. The third kappa shape index (κ3) is 3.26. The molecule has 0 saturated heterocycles. The van der Waals surface area contributed by atoms with Crippen molar-refractivity contribution in [2.24, 2.45) is 0 Å². The number of hydrogen-bond acceptors (Lipinski definition) is 3. The molecule has 0 aliphatic heterocycles. The molecule has 0 radical (unpaired) electrons. The van der Waals surface area contributed by atoms with Gasteiger partial charge in [-0.2, -0.15) is 0 Å². The lowest BCUT2D eigenvalue weighted by atomic mass is 10.1. The van der Waals surface area contributed by atoms with Crippen LogP contribution in [0.25, 0.3) is 11.3 Å². The molecule has 1 heterocycles. The van der Waals surface area contributed by atoms with Crippen LogP contribution in [0.1, 0.15) is 11.3 Å². The molecule has 1 aromatic heterocycles. The van der Waals surface area contributed by atoms with Crippen molar-refractivity contribution in [3.05, 3.63) is 71.7 Å². The standard InChI is InChI=1S/C17H14FN3O2/c18-14-9-5-4-8-13(14)11-21-17(12-6-2-1-3-7-12)15(19-20-21)10-16(22)23/h1-9H,10-11H2,(H,22,23). The molecule has 3 rings (SSSR count). The number of aliphatic carboxylic acids is 1. The summed E-state index contributed by atoms with van der Waals surface area (Å²) in [4.78, 5) is 11.0. The van der Waals surface area contributed by atoms with E-state index in [0.717, 1.165) is 5.56 Å². The summed E-state index contributed by atoms with van der Waals surface area (Å²) in [6.45, 7) is 0.184. The van der Waals surface area contributed by atoms with Crippen molar-refractivity contribution >= 4 is 5.97 Å². The predicted octanol–water partition coefficient (Wildman–Crippen LogP) is 2.76. The summed E-state index contributed by atoms with van der Waals surface area (Å²) in [5, 5.41) is 17.0. The van der Waals surface area contributed by atoms with Crippen LogP contribution >= 0.6 is 0 Å². The van der Waals surface area contributed by atoms with Crippen molar-refractivity contribution in [3.8, 4) is 11.3 Å². The lowest BCUT2D eigenvalue weighted by Gasteiger charge is -2.09. The molecule has 2 aromatic carbocycles. The number of carboxylic acid groups (broad SMARTS) is 1. The molecule has 23 heavy (non-hydrogen) atoms. The highest BCUT2D eigenvalue weighted by Crippen LogP contribution is 2.23. The average molecular weight is 311 g/mol. The molecule has 1 N–H and O–H groups in total. The van der Waals surface area contributed by atoms with Crippen LogP contribution in [-0.2, 0) is 17.8 Å². The van der Waals surface area contributed by atoms with Crippen LogP contribution in [0.4, 0.5) is 4.39 Å². The van der Waals surface area contributed by atoms with Crippen molar-refractivity contribution < 1.29 is 14.3 Å². The Balaban J connectivity index is 2.05. The quantitative estimate of drug-likeness (QED) is 0.786. The average Bonchev–Trinajstić information content (AvgIpc) is 2.92. The van der Waals surface area contributed by atoms with Crippen LogP contribution < -0.4 is 0 Å². The van der Waals surface area contributed by atoms with E-state index in [2.05, 4.69) is 10.3 Å². The van der Waals surface area contributed by atoms with Gasteiger partial charge in [-0.3, -0.25) is 4.79 Å².